The smallest absolute Gasteiger partial charge is 0.223 e. The van der Waals surface area contributed by atoms with Crippen LogP contribution in [0, 0.1) is 6.92 Å². The molecule has 0 saturated heterocycles. The highest BCUT2D eigenvalue weighted by Crippen LogP contribution is 2.27. The van der Waals surface area contributed by atoms with Gasteiger partial charge in [-0.25, -0.2) is 0 Å². The van der Waals surface area contributed by atoms with Crippen LogP contribution in [0.3, 0.4) is 0 Å². The lowest BCUT2D eigenvalue weighted by Crippen LogP contribution is -2.35. The Morgan fingerprint density at radius 2 is 2.22 bits per heavy atom. The van der Waals surface area contributed by atoms with Crippen LogP contribution in [0.25, 0.3) is 0 Å². The maximum absolute atomic E-state index is 12.1. The predicted octanol–water partition coefficient (Wildman–Crippen LogP) is 1.91. The Bertz CT molecular complexity index is 413. The molecular weight excluding hydrogens is 226 g/mol. The van der Waals surface area contributed by atoms with Gasteiger partial charge in [0.15, 0.2) is 0 Å². The van der Waals surface area contributed by atoms with Gasteiger partial charge in [0, 0.05) is 19.0 Å². The first-order chi connectivity index (χ1) is 8.70. The van der Waals surface area contributed by atoms with Gasteiger partial charge in [0.25, 0.3) is 0 Å². The summed E-state index contributed by atoms with van der Waals surface area (Å²) >= 11 is 0. The Labute approximate surface area is 108 Å². The molecule has 0 heterocycles. The first-order valence-corrected chi connectivity index (χ1v) is 6.66. The molecule has 98 valence electrons. The van der Waals surface area contributed by atoms with Crippen LogP contribution in [0.5, 0.6) is 0 Å². The zero-order chi connectivity index (χ0) is 13.0. The minimum atomic E-state index is 0.0622. The molecule has 0 aromatic heterocycles. The number of aliphatic hydroxyl groups excluding tert-OH is 1. The zero-order valence-electron chi connectivity index (χ0n) is 10.9. The zero-order valence-corrected chi connectivity index (χ0v) is 10.9. The third-order valence-corrected chi connectivity index (χ3v) is 3.36. The van der Waals surface area contributed by atoms with E-state index < -0.39 is 0 Å². The summed E-state index contributed by atoms with van der Waals surface area (Å²) in [5, 5.41) is 8.99. The van der Waals surface area contributed by atoms with Crippen molar-refractivity contribution in [3.05, 3.63) is 35.4 Å². The van der Waals surface area contributed by atoms with Crippen LogP contribution in [0.1, 0.15) is 30.4 Å². The summed E-state index contributed by atoms with van der Waals surface area (Å²) in [6.07, 6.45) is 3.52. The van der Waals surface area contributed by atoms with Crippen molar-refractivity contribution in [3.8, 4) is 0 Å². The number of aliphatic hydroxyl groups is 1. The van der Waals surface area contributed by atoms with E-state index in [1.807, 2.05) is 11.0 Å². The first kappa shape index (κ1) is 13.1. The average Bonchev–Trinajstić information content (AvgIpc) is 3.17. The molecule has 0 atom stereocenters. The highest BCUT2D eigenvalue weighted by Gasteiger charge is 2.31. The van der Waals surface area contributed by atoms with E-state index in [4.69, 9.17) is 5.11 Å². The number of amides is 1. The molecule has 1 aliphatic rings. The molecule has 2 rings (SSSR count). The first-order valence-electron chi connectivity index (χ1n) is 6.66. The molecule has 1 saturated carbocycles. The second kappa shape index (κ2) is 6.01. The van der Waals surface area contributed by atoms with Gasteiger partial charge in [-0.2, -0.15) is 0 Å². The average molecular weight is 247 g/mol. The summed E-state index contributed by atoms with van der Waals surface area (Å²) in [6.45, 7) is 2.61. The summed E-state index contributed by atoms with van der Waals surface area (Å²) in [5.74, 6) is 0.174. The quantitative estimate of drug-likeness (QED) is 0.834. The summed E-state index contributed by atoms with van der Waals surface area (Å²) < 4.78 is 0. The molecule has 1 N–H and O–H groups in total. The monoisotopic (exact) mass is 247 g/mol. The predicted molar refractivity (Wildman–Crippen MR) is 71.3 cm³/mol. The lowest BCUT2D eigenvalue weighted by atomic mass is 10.1. The van der Waals surface area contributed by atoms with Crippen LogP contribution in [0.4, 0.5) is 0 Å². The van der Waals surface area contributed by atoms with Gasteiger partial charge in [0.1, 0.15) is 0 Å². The van der Waals surface area contributed by atoms with E-state index in [-0.39, 0.29) is 12.5 Å². The van der Waals surface area contributed by atoms with Gasteiger partial charge in [-0.15, -0.1) is 0 Å². The Hall–Kier alpha value is -1.35. The molecule has 1 aliphatic carbocycles. The van der Waals surface area contributed by atoms with E-state index in [0.29, 0.717) is 19.0 Å². The van der Waals surface area contributed by atoms with Crippen molar-refractivity contribution in [3.63, 3.8) is 0 Å². The summed E-state index contributed by atoms with van der Waals surface area (Å²) in [6, 6.07) is 8.67. The fraction of sp³-hybridized carbons (Fsp3) is 0.533. The Morgan fingerprint density at radius 1 is 1.44 bits per heavy atom. The molecule has 0 bridgehead atoms. The highest BCUT2D eigenvalue weighted by molar-refractivity contribution is 5.77. The topological polar surface area (TPSA) is 40.5 Å². The number of nitrogens with zero attached hydrogens (tertiary/aromatic N) is 1. The van der Waals surface area contributed by atoms with Gasteiger partial charge in [-0.1, -0.05) is 29.8 Å². The molecule has 3 heteroatoms. The van der Waals surface area contributed by atoms with Gasteiger partial charge in [-0.3, -0.25) is 4.79 Å². The molecule has 3 nitrogen and oxygen atoms in total. The van der Waals surface area contributed by atoms with Crippen molar-refractivity contribution >= 4 is 5.91 Å². The van der Waals surface area contributed by atoms with E-state index in [9.17, 15) is 4.79 Å². The second-order valence-electron chi connectivity index (χ2n) is 5.03. The molecule has 1 aromatic carbocycles. The number of hydrogen-bond donors (Lipinski definition) is 1. The van der Waals surface area contributed by atoms with E-state index in [1.54, 1.807) is 0 Å². The van der Waals surface area contributed by atoms with E-state index in [2.05, 4.69) is 25.1 Å². The maximum Gasteiger partial charge on any atom is 0.223 e. The van der Waals surface area contributed by atoms with Crippen LogP contribution in [0.2, 0.25) is 0 Å². The third kappa shape index (κ3) is 3.57. The van der Waals surface area contributed by atoms with Crippen molar-refractivity contribution in [2.45, 2.75) is 38.6 Å². The molecule has 1 aromatic rings. The molecule has 1 amide bonds. The van der Waals surface area contributed by atoms with Crippen LogP contribution >= 0.6 is 0 Å². The van der Waals surface area contributed by atoms with Crippen LogP contribution in [-0.4, -0.2) is 35.1 Å². The lowest BCUT2D eigenvalue weighted by molar-refractivity contribution is -0.132. The minimum Gasteiger partial charge on any atom is -0.395 e. The van der Waals surface area contributed by atoms with Gasteiger partial charge in [0.05, 0.1) is 6.61 Å². The Kier molecular flexibility index (Phi) is 4.37. The van der Waals surface area contributed by atoms with E-state index in [0.717, 1.165) is 19.3 Å². The summed E-state index contributed by atoms with van der Waals surface area (Å²) in [7, 11) is 0. The van der Waals surface area contributed by atoms with Gasteiger partial charge >= 0.3 is 0 Å². The highest BCUT2D eigenvalue weighted by atomic mass is 16.3. The number of hydrogen-bond acceptors (Lipinski definition) is 2. The standard InChI is InChI=1S/C15H21NO2/c1-12-3-2-4-13(11-12)5-8-15(18)16(9-10-17)14-6-7-14/h2-4,11,14,17H,5-10H2,1H3. The van der Waals surface area contributed by atoms with Crippen molar-refractivity contribution < 1.29 is 9.90 Å². The van der Waals surface area contributed by atoms with Crippen molar-refractivity contribution in [2.24, 2.45) is 0 Å². The Balaban J connectivity index is 1.86. The number of carbonyl (C=O) groups excluding carboxylic acids is 1. The summed E-state index contributed by atoms with van der Waals surface area (Å²) in [5.41, 5.74) is 2.44. The normalized spacial score (nSPS) is 14.6. The number of aryl methyl sites for hydroxylation is 2. The SMILES string of the molecule is Cc1cccc(CCC(=O)N(CCO)C2CC2)c1. The largest absolute Gasteiger partial charge is 0.395 e. The fourth-order valence-electron chi connectivity index (χ4n) is 2.27. The second-order valence-corrected chi connectivity index (χ2v) is 5.03. The van der Waals surface area contributed by atoms with Gasteiger partial charge in [0.2, 0.25) is 5.91 Å². The molecule has 0 spiro atoms. The number of rotatable bonds is 6. The van der Waals surface area contributed by atoms with Crippen molar-refractivity contribution in [1.82, 2.24) is 4.90 Å². The van der Waals surface area contributed by atoms with Crippen LogP contribution in [-0.2, 0) is 11.2 Å². The number of carbonyl (C=O) groups is 1. The molecule has 0 unspecified atom stereocenters. The molecule has 0 radical (unpaired) electrons. The molecule has 0 aliphatic heterocycles. The maximum atomic E-state index is 12.1. The minimum absolute atomic E-state index is 0.0622. The van der Waals surface area contributed by atoms with Gasteiger partial charge < -0.3 is 10.0 Å². The molecule has 1 fully saturated rings. The van der Waals surface area contributed by atoms with E-state index in [1.165, 1.54) is 11.1 Å². The lowest BCUT2D eigenvalue weighted by Gasteiger charge is -2.21. The number of benzene rings is 1. The molecule has 18 heavy (non-hydrogen) atoms. The van der Waals surface area contributed by atoms with Crippen LogP contribution < -0.4 is 0 Å². The van der Waals surface area contributed by atoms with Crippen molar-refractivity contribution in [2.75, 3.05) is 13.2 Å². The van der Waals surface area contributed by atoms with Crippen LogP contribution in [0.15, 0.2) is 24.3 Å². The Morgan fingerprint density at radius 3 is 2.83 bits per heavy atom. The van der Waals surface area contributed by atoms with Crippen molar-refractivity contribution in [1.29, 1.82) is 0 Å². The van der Waals surface area contributed by atoms with E-state index >= 15 is 0 Å². The van der Waals surface area contributed by atoms with Gasteiger partial charge in [-0.05, 0) is 31.7 Å². The summed E-state index contributed by atoms with van der Waals surface area (Å²) in [4.78, 5) is 13.9. The fourth-order valence-corrected chi connectivity index (χ4v) is 2.27. The molecular formula is C15H21NO2. The third-order valence-electron chi connectivity index (χ3n) is 3.36.